The number of amides is 1. The number of ketones is 1. The lowest BCUT2D eigenvalue weighted by Crippen LogP contribution is -2.23. The smallest absolute Gasteiger partial charge is 0.230 e. The maximum absolute atomic E-state index is 14.2. The highest BCUT2D eigenvalue weighted by molar-refractivity contribution is 7.14. The molecule has 31 heavy (non-hydrogen) atoms. The van der Waals surface area contributed by atoms with Crippen LogP contribution in [-0.4, -0.2) is 16.7 Å². The molecule has 0 aliphatic carbocycles. The number of aryl methyl sites for hydroxylation is 1. The summed E-state index contributed by atoms with van der Waals surface area (Å²) >= 11 is 1.10. The van der Waals surface area contributed by atoms with E-state index in [1.807, 2.05) is 25.1 Å². The minimum absolute atomic E-state index is 0.104. The number of rotatable bonds is 5. The van der Waals surface area contributed by atoms with E-state index in [4.69, 9.17) is 4.42 Å². The predicted molar refractivity (Wildman–Crippen MR) is 116 cm³/mol. The van der Waals surface area contributed by atoms with Crippen LogP contribution in [0.15, 0.2) is 58.3 Å². The van der Waals surface area contributed by atoms with Crippen LogP contribution in [0.2, 0.25) is 0 Å². The molecule has 0 N–H and O–H groups in total. The topological polar surface area (TPSA) is 63.4 Å². The number of nitrogens with zero attached hydrogens (tertiary/aromatic N) is 2. The number of fused-ring (bicyclic) bond motifs is 1. The molecule has 0 spiro atoms. The molecule has 2 aromatic carbocycles. The third-order valence-electron chi connectivity index (χ3n) is 4.64. The van der Waals surface area contributed by atoms with Crippen LogP contribution in [0.25, 0.3) is 17.0 Å². The van der Waals surface area contributed by atoms with Gasteiger partial charge in [-0.1, -0.05) is 18.2 Å². The molecule has 0 saturated heterocycles. The Labute approximate surface area is 180 Å². The molecule has 4 rings (SSSR count). The van der Waals surface area contributed by atoms with Crippen LogP contribution in [0.4, 0.5) is 19.6 Å². The lowest BCUT2D eigenvalue weighted by Gasteiger charge is -2.18. The van der Waals surface area contributed by atoms with Crippen molar-refractivity contribution in [1.29, 1.82) is 0 Å². The molecule has 4 aromatic rings. The number of anilines is 2. The van der Waals surface area contributed by atoms with E-state index in [1.165, 1.54) is 25.1 Å². The van der Waals surface area contributed by atoms with Crippen LogP contribution in [0, 0.1) is 18.6 Å². The third kappa shape index (κ3) is 4.02. The summed E-state index contributed by atoms with van der Waals surface area (Å²) in [6.07, 6.45) is 2.83. The van der Waals surface area contributed by atoms with Crippen molar-refractivity contribution in [2.75, 3.05) is 4.90 Å². The zero-order valence-electron chi connectivity index (χ0n) is 16.6. The summed E-state index contributed by atoms with van der Waals surface area (Å²) in [5.74, 6) is -2.18. The van der Waals surface area contributed by atoms with Crippen molar-refractivity contribution in [1.82, 2.24) is 4.98 Å². The minimum Gasteiger partial charge on any atom is -0.452 e. The summed E-state index contributed by atoms with van der Waals surface area (Å²) in [4.78, 5) is 30.1. The number of thiazole rings is 1. The Bertz CT molecular complexity index is 1340. The van der Waals surface area contributed by atoms with Gasteiger partial charge >= 0.3 is 0 Å². The Morgan fingerprint density at radius 1 is 1.16 bits per heavy atom. The lowest BCUT2D eigenvalue weighted by molar-refractivity contribution is -0.115. The molecule has 5 nitrogen and oxygen atoms in total. The zero-order chi connectivity index (χ0) is 22.1. The number of carbonyl (C=O) groups excluding carboxylic acids is 2. The average Bonchev–Trinajstić information content (AvgIpc) is 3.33. The van der Waals surface area contributed by atoms with Gasteiger partial charge in [0.1, 0.15) is 17.2 Å². The normalized spacial score (nSPS) is 11.4. The number of benzene rings is 2. The first-order valence-electron chi connectivity index (χ1n) is 9.27. The van der Waals surface area contributed by atoms with Gasteiger partial charge in [-0.15, -0.1) is 11.3 Å². The standard InChI is InChI=1S/C23H16F2N2O3S/c1-13-17-5-3-4-6-21(17)30-22(13)20(29)10-8-16-12-31-23(26-16)27(14(2)28)19-9-7-15(24)11-18(19)25/h3-12H,1-2H3/b10-8+. The summed E-state index contributed by atoms with van der Waals surface area (Å²) in [7, 11) is 0. The van der Waals surface area contributed by atoms with E-state index in [-0.39, 0.29) is 22.4 Å². The second-order valence-corrected chi connectivity index (χ2v) is 7.59. The van der Waals surface area contributed by atoms with Crippen LogP contribution >= 0.6 is 11.3 Å². The summed E-state index contributed by atoms with van der Waals surface area (Å²) in [6.45, 7) is 3.07. The fraction of sp³-hybridized carbons (Fsp3) is 0.0870. The van der Waals surface area contributed by atoms with Gasteiger partial charge in [-0.05, 0) is 37.3 Å². The van der Waals surface area contributed by atoms with E-state index in [9.17, 15) is 18.4 Å². The average molecular weight is 438 g/mol. The minimum atomic E-state index is -0.877. The van der Waals surface area contributed by atoms with Crippen LogP contribution in [0.1, 0.15) is 28.7 Å². The molecule has 0 aliphatic heterocycles. The highest BCUT2D eigenvalue weighted by Crippen LogP contribution is 2.32. The fourth-order valence-corrected chi connectivity index (χ4v) is 4.02. The Morgan fingerprint density at radius 3 is 2.65 bits per heavy atom. The van der Waals surface area contributed by atoms with Crippen LogP contribution in [0.3, 0.4) is 0 Å². The van der Waals surface area contributed by atoms with E-state index >= 15 is 0 Å². The molecular weight excluding hydrogens is 422 g/mol. The number of furan rings is 1. The van der Waals surface area contributed by atoms with E-state index in [2.05, 4.69) is 4.98 Å². The number of para-hydroxylation sites is 1. The summed E-state index contributed by atoms with van der Waals surface area (Å²) in [6, 6.07) is 10.3. The van der Waals surface area contributed by atoms with Gasteiger partial charge < -0.3 is 4.42 Å². The van der Waals surface area contributed by atoms with Gasteiger partial charge in [0.25, 0.3) is 0 Å². The number of hydrogen-bond donors (Lipinski definition) is 0. The Balaban J connectivity index is 1.60. The van der Waals surface area contributed by atoms with Gasteiger partial charge in [-0.3, -0.25) is 14.5 Å². The first kappa shape index (κ1) is 20.6. The first-order valence-corrected chi connectivity index (χ1v) is 10.1. The molecule has 156 valence electrons. The number of hydrogen-bond acceptors (Lipinski definition) is 5. The van der Waals surface area contributed by atoms with Gasteiger partial charge in [0.15, 0.2) is 10.9 Å². The van der Waals surface area contributed by atoms with Crippen molar-refractivity contribution < 1.29 is 22.8 Å². The van der Waals surface area contributed by atoms with Crippen molar-refractivity contribution in [2.45, 2.75) is 13.8 Å². The van der Waals surface area contributed by atoms with Crippen LogP contribution in [0.5, 0.6) is 0 Å². The Hall–Kier alpha value is -3.65. The monoisotopic (exact) mass is 438 g/mol. The second kappa shape index (κ2) is 8.23. The lowest BCUT2D eigenvalue weighted by atomic mass is 10.1. The molecule has 2 aromatic heterocycles. The highest BCUT2D eigenvalue weighted by Gasteiger charge is 2.21. The third-order valence-corrected chi connectivity index (χ3v) is 5.48. The summed E-state index contributed by atoms with van der Waals surface area (Å²) in [5, 5.41) is 2.70. The van der Waals surface area contributed by atoms with Gasteiger partial charge in [0.2, 0.25) is 11.7 Å². The van der Waals surface area contributed by atoms with Gasteiger partial charge in [0.05, 0.1) is 11.4 Å². The molecule has 1 amide bonds. The van der Waals surface area contributed by atoms with Crippen molar-refractivity contribution in [3.05, 3.63) is 82.6 Å². The van der Waals surface area contributed by atoms with E-state index < -0.39 is 17.5 Å². The van der Waals surface area contributed by atoms with E-state index in [0.717, 1.165) is 33.3 Å². The fourth-order valence-electron chi connectivity index (χ4n) is 3.17. The van der Waals surface area contributed by atoms with Gasteiger partial charge in [-0.25, -0.2) is 13.8 Å². The molecule has 0 fully saturated rings. The largest absolute Gasteiger partial charge is 0.452 e. The van der Waals surface area contributed by atoms with E-state index in [1.54, 1.807) is 11.4 Å². The maximum Gasteiger partial charge on any atom is 0.230 e. The maximum atomic E-state index is 14.2. The Kier molecular flexibility index (Phi) is 5.48. The molecule has 0 unspecified atom stereocenters. The quantitative estimate of drug-likeness (QED) is 0.281. The predicted octanol–water partition coefficient (Wildman–Crippen LogP) is 6.06. The molecule has 8 heteroatoms. The molecule has 0 atom stereocenters. The van der Waals surface area contributed by atoms with Crippen LogP contribution in [-0.2, 0) is 4.79 Å². The van der Waals surface area contributed by atoms with Gasteiger partial charge in [-0.2, -0.15) is 0 Å². The number of allylic oxidation sites excluding steroid dienone is 1. The number of aromatic nitrogens is 1. The molecule has 0 saturated carbocycles. The molecule has 0 radical (unpaired) electrons. The SMILES string of the molecule is CC(=O)N(c1nc(/C=C/C(=O)c2oc3ccccc3c2C)cs1)c1ccc(F)cc1F. The van der Waals surface area contributed by atoms with Crippen molar-refractivity contribution in [3.8, 4) is 0 Å². The van der Waals surface area contributed by atoms with Crippen molar-refractivity contribution in [2.24, 2.45) is 0 Å². The van der Waals surface area contributed by atoms with Crippen molar-refractivity contribution >= 4 is 50.9 Å². The molecule has 2 heterocycles. The van der Waals surface area contributed by atoms with Crippen LogP contribution < -0.4 is 4.90 Å². The summed E-state index contributed by atoms with van der Waals surface area (Å²) < 4.78 is 33.1. The number of halogens is 2. The highest BCUT2D eigenvalue weighted by atomic mass is 32.1. The first-order chi connectivity index (χ1) is 14.8. The van der Waals surface area contributed by atoms with Gasteiger partial charge in [0, 0.05) is 29.3 Å². The van der Waals surface area contributed by atoms with E-state index in [0.29, 0.717) is 17.3 Å². The van der Waals surface area contributed by atoms with Crippen molar-refractivity contribution in [3.63, 3.8) is 0 Å². The second-order valence-electron chi connectivity index (χ2n) is 6.76. The Morgan fingerprint density at radius 2 is 1.94 bits per heavy atom. The molecular formula is C23H16F2N2O3S. The molecule has 0 bridgehead atoms. The number of carbonyl (C=O) groups is 2. The molecule has 0 aliphatic rings. The summed E-state index contributed by atoms with van der Waals surface area (Å²) in [5.41, 5.74) is 1.69. The zero-order valence-corrected chi connectivity index (χ0v) is 17.4.